The zero-order chi connectivity index (χ0) is 16.5. The van der Waals surface area contributed by atoms with Crippen LogP contribution in [0.15, 0.2) is 18.2 Å². The van der Waals surface area contributed by atoms with Gasteiger partial charge in [0.1, 0.15) is 17.8 Å². The van der Waals surface area contributed by atoms with E-state index in [1.165, 1.54) is 6.07 Å². The van der Waals surface area contributed by atoms with Crippen molar-refractivity contribution in [1.82, 2.24) is 5.32 Å². The summed E-state index contributed by atoms with van der Waals surface area (Å²) in [5.74, 6) is -3.64. The van der Waals surface area contributed by atoms with Crippen LogP contribution in [0.3, 0.4) is 0 Å². The van der Waals surface area contributed by atoms with Crippen LogP contribution in [0.2, 0.25) is 5.02 Å². The first-order valence-electron chi connectivity index (χ1n) is 6.31. The molecule has 1 fully saturated rings. The summed E-state index contributed by atoms with van der Waals surface area (Å²) in [5, 5.41) is 4.02. The zero-order valence-electron chi connectivity index (χ0n) is 11.0. The van der Waals surface area contributed by atoms with Gasteiger partial charge in [-0.25, -0.2) is 4.39 Å². The van der Waals surface area contributed by atoms with Gasteiger partial charge in [-0.2, -0.15) is 13.2 Å². The Kier molecular flexibility index (Phi) is 4.60. The maximum Gasteiger partial charge on any atom is 0.408 e. The lowest BCUT2D eigenvalue weighted by Crippen LogP contribution is -2.53. The molecule has 1 aromatic carbocycles. The lowest BCUT2D eigenvalue weighted by molar-refractivity contribution is -0.170. The molecular formula is C13H11ClF4N2O2. The highest BCUT2D eigenvalue weighted by atomic mass is 35.5. The molecule has 22 heavy (non-hydrogen) atoms. The maximum atomic E-state index is 12.9. The predicted octanol–water partition coefficient (Wildman–Crippen LogP) is 2.87. The number of piperidine rings is 1. The fourth-order valence-corrected chi connectivity index (χ4v) is 2.33. The Bertz CT molecular complexity index is 606. The van der Waals surface area contributed by atoms with Gasteiger partial charge in [0.25, 0.3) is 0 Å². The van der Waals surface area contributed by atoms with Gasteiger partial charge in [0.2, 0.25) is 11.8 Å². The van der Waals surface area contributed by atoms with Crippen molar-refractivity contribution < 1.29 is 27.2 Å². The first-order valence-corrected chi connectivity index (χ1v) is 6.69. The van der Waals surface area contributed by atoms with E-state index in [0.717, 1.165) is 12.1 Å². The molecule has 1 heterocycles. The van der Waals surface area contributed by atoms with Gasteiger partial charge in [-0.15, -0.1) is 0 Å². The number of halogens is 5. The van der Waals surface area contributed by atoms with Gasteiger partial charge in [0, 0.05) is 0 Å². The molecule has 0 aliphatic carbocycles. The summed E-state index contributed by atoms with van der Waals surface area (Å²) < 4.78 is 50.4. The Balaban J connectivity index is 2.03. The molecule has 4 nitrogen and oxygen atoms in total. The van der Waals surface area contributed by atoms with Crippen LogP contribution in [0, 0.1) is 11.7 Å². The van der Waals surface area contributed by atoms with E-state index in [1.807, 2.05) is 0 Å². The number of anilines is 1. The zero-order valence-corrected chi connectivity index (χ0v) is 11.8. The second-order valence-electron chi connectivity index (χ2n) is 4.85. The van der Waals surface area contributed by atoms with Crippen molar-refractivity contribution in [3.05, 3.63) is 29.0 Å². The fraction of sp³-hybridized carbons (Fsp3) is 0.385. The average molecular weight is 339 g/mol. The van der Waals surface area contributed by atoms with Crippen molar-refractivity contribution in [2.45, 2.75) is 25.1 Å². The highest BCUT2D eigenvalue weighted by Gasteiger charge is 2.45. The van der Waals surface area contributed by atoms with E-state index in [1.54, 1.807) is 5.32 Å². The number of hydrogen-bond acceptors (Lipinski definition) is 2. The first-order chi connectivity index (χ1) is 10.2. The molecule has 2 unspecified atom stereocenters. The van der Waals surface area contributed by atoms with Crippen LogP contribution in [-0.2, 0) is 9.59 Å². The molecule has 1 aromatic rings. The molecule has 0 saturated carbocycles. The van der Waals surface area contributed by atoms with E-state index >= 15 is 0 Å². The number of hydrogen-bond donors (Lipinski definition) is 2. The van der Waals surface area contributed by atoms with Crippen molar-refractivity contribution in [3.63, 3.8) is 0 Å². The molecule has 0 radical (unpaired) electrons. The molecule has 1 saturated heterocycles. The summed E-state index contributed by atoms with van der Waals surface area (Å²) >= 11 is 5.73. The molecular weight excluding hydrogens is 328 g/mol. The normalized spacial score (nSPS) is 22.1. The largest absolute Gasteiger partial charge is 0.408 e. The maximum absolute atomic E-state index is 12.9. The van der Waals surface area contributed by atoms with E-state index < -0.39 is 35.8 Å². The molecule has 9 heteroatoms. The smallest absolute Gasteiger partial charge is 0.344 e. The van der Waals surface area contributed by atoms with Crippen LogP contribution < -0.4 is 10.6 Å². The van der Waals surface area contributed by atoms with Crippen LogP contribution in [-0.4, -0.2) is 24.0 Å². The van der Waals surface area contributed by atoms with Gasteiger partial charge in [-0.3, -0.25) is 9.59 Å². The van der Waals surface area contributed by atoms with Crippen molar-refractivity contribution in [1.29, 1.82) is 0 Å². The highest BCUT2D eigenvalue weighted by Crippen LogP contribution is 2.29. The Morgan fingerprint density at radius 2 is 2.00 bits per heavy atom. The lowest BCUT2D eigenvalue weighted by Gasteiger charge is -2.29. The number of benzene rings is 1. The van der Waals surface area contributed by atoms with Gasteiger partial charge in [0.05, 0.1) is 10.7 Å². The number of carbonyl (C=O) groups is 2. The SMILES string of the molecule is O=C(Nc1ccc(F)cc1Cl)C1CCC(C(F)(F)F)NC1=O. The summed E-state index contributed by atoms with van der Waals surface area (Å²) in [4.78, 5) is 23.6. The minimum absolute atomic E-state index is 0.0715. The van der Waals surface area contributed by atoms with Crippen LogP contribution >= 0.6 is 11.6 Å². The van der Waals surface area contributed by atoms with Crippen molar-refractivity contribution in [2.75, 3.05) is 5.32 Å². The second-order valence-corrected chi connectivity index (χ2v) is 5.25. The summed E-state index contributed by atoms with van der Waals surface area (Å²) in [7, 11) is 0. The van der Waals surface area contributed by atoms with Crippen molar-refractivity contribution in [2.24, 2.45) is 5.92 Å². The van der Waals surface area contributed by atoms with E-state index in [4.69, 9.17) is 11.6 Å². The van der Waals surface area contributed by atoms with Gasteiger partial charge >= 0.3 is 6.18 Å². The number of rotatable bonds is 2. The number of carbonyl (C=O) groups excluding carboxylic acids is 2. The topological polar surface area (TPSA) is 58.2 Å². The van der Waals surface area contributed by atoms with Crippen molar-refractivity contribution in [3.8, 4) is 0 Å². The lowest BCUT2D eigenvalue weighted by atomic mass is 9.92. The first kappa shape index (κ1) is 16.5. The van der Waals surface area contributed by atoms with Crippen LogP contribution in [0.1, 0.15) is 12.8 Å². The van der Waals surface area contributed by atoms with Gasteiger partial charge in [-0.1, -0.05) is 11.6 Å². The average Bonchev–Trinajstić information content (AvgIpc) is 2.40. The molecule has 2 amide bonds. The predicted molar refractivity (Wildman–Crippen MR) is 70.7 cm³/mol. The summed E-state index contributed by atoms with van der Waals surface area (Å²) in [6.45, 7) is 0. The molecule has 120 valence electrons. The molecule has 2 N–H and O–H groups in total. The number of alkyl halides is 3. The molecule has 1 aliphatic rings. The van der Waals surface area contributed by atoms with E-state index in [9.17, 15) is 27.2 Å². The Hall–Kier alpha value is -1.83. The molecule has 2 atom stereocenters. The van der Waals surface area contributed by atoms with E-state index in [0.29, 0.717) is 0 Å². The third kappa shape index (κ3) is 3.68. The number of amides is 2. The number of nitrogens with one attached hydrogen (secondary N) is 2. The minimum atomic E-state index is -4.54. The Morgan fingerprint density at radius 1 is 1.32 bits per heavy atom. The molecule has 1 aliphatic heterocycles. The van der Waals surface area contributed by atoms with E-state index in [2.05, 4.69) is 5.32 Å². The molecule has 0 aromatic heterocycles. The van der Waals surface area contributed by atoms with Crippen LogP contribution in [0.4, 0.5) is 23.2 Å². The van der Waals surface area contributed by atoms with Gasteiger partial charge in [-0.05, 0) is 31.0 Å². The minimum Gasteiger partial charge on any atom is -0.344 e. The Labute approximate surface area is 127 Å². The third-order valence-electron chi connectivity index (χ3n) is 3.28. The molecule has 2 rings (SSSR count). The van der Waals surface area contributed by atoms with Gasteiger partial charge in [0.15, 0.2) is 0 Å². The summed E-state index contributed by atoms with van der Waals surface area (Å²) in [6, 6.07) is 1.29. The highest BCUT2D eigenvalue weighted by molar-refractivity contribution is 6.33. The van der Waals surface area contributed by atoms with Crippen LogP contribution in [0.5, 0.6) is 0 Å². The standard InChI is InChI=1S/C13H11ClF4N2O2/c14-8-5-6(15)1-3-9(8)19-11(21)7-2-4-10(13(16,17)18)20-12(7)22/h1,3,5,7,10H,2,4H2,(H,19,21)(H,20,22). The van der Waals surface area contributed by atoms with E-state index in [-0.39, 0.29) is 23.6 Å². The molecule has 0 spiro atoms. The second kappa shape index (κ2) is 6.12. The van der Waals surface area contributed by atoms with Gasteiger partial charge < -0.3 is 10.6 Å². The Morgan fingerprint density at radius 3 is 2.55 bits per heavy atom. The quantitative estimate of drug-likeness (QED) is 0.643. The third-order valence-corrected chi connectivity index (χ3v) is 3.59. The van der Waals surface area contributed by atoms with Crippen LogP contribution in [0.25, 0.3) is 0 Å². The summed E-state index contributed by atoms with van der Waals surface area (Å²) in [6.07, 6.45) is -5.16. The monoisotopic (exact) mass is 338 g/mol. The molecule has 0 bridgehead atoms. The summed E-state index contributed by atoms with van der Waals surface area (Å²) in [5.41, 5.74) is 0.0822. The van der Waals surface area contributed by atoms with Crippen molar-refractivity contribution >= 4 is 29.1 Å². The fourth-order valence-electron chi connectivity index (χ4n) is 2.12.